The maximum atomic E-state index is 3.33. The standard InChI is InChI=1S/C5H12N2S/c1-4-6-3-8-5(2)7-4/h4-7H,3H2,1-2H3. The van der Waals surface area contributed by atoms with Crippen molar-refractivity contribution in [2.75, 3.05) is 5.88 Å². The van der Waals surface area contributed by atoms with E-state index in [0.717, 1.165) is 5.88 Å². The van der Waals surface area contributed by atoms with Crippen LogP contribution in [0.3, 0.4) is 0 Å². The van der Waals surface area contributed by atoms with Crippen LogP contribution in [0.15, 0.2) is 0 Å². The Morgan fingerprint density at radius 3 is 2.62 bits per heavy atom. The Kier molecular flexibility index (Phi) is 2.16. The van der Waals surface area contributed by atoms with E-state index in [1.807, 2.05) is 11.8 Å². The molecular weight excluding hydrogens is 120 g/mol. The summed E-state index contributed by atoms with van der Waals surface area (Å²) in [6.45, 7) is 4.32. The van der Waals surface area contributed by atoms with Crippen LogP contribution in [0, 0.1) is 0 Å². The molecule has 1 heterocycles. The fourth-order valence-corrected chi connectivity index (χ4v) is 1.65. The molecule has 0 spiro atoms. The minimum atomic E-state index is 0.492. The molecule has 0 amide bonds. The molecule has 0 aliphatic carbocycles. The lowest BCUT2D eigenvalue weighted by Gasteiger charge is -2.26. The van der Waals surface area contributed by atoms with Crippen LogP contribution < -0.4 is 10.6 Å². The Bertz CT molecular complexity index is 68.8. The normalized spacial score (nSPS) is 39.8. The van der Waals surface area contributed by atoms with Gasteiger partial charge in [-0.25, -0.2) is 0 Å². The highest BCUT2D eigenvalue weighted by Gasteiger charge is 2.11. The molecule has 2 unspecified atom stereocenters. The van der Waals surface area contributed by atoms with Gasteiger partial charge in [0.05, 0.1) is 11.5 Å². The molecule has 2 N–H and O–H groups in total. The predicted octanol–water partition coefficient (Wildman–Crippen LogP) is 0.562. The summed E-state index contributed by atoms with van der Waals surface area (Å²) in [5.74, 6) is 1.08. The van der Waals surface area contributed by atoms with E-state index in [-0.39, 0.29) is 0 Å². The molecule has 1 aliphatic heterocycles. The lowest BCUT2D eigenvalue weighted by Crippen LogP contribution is -2.47. The molecule has 1 saturated heterocycles. The summed E-state index contributed by atoms with van der Waals surface area (Å²) in [7, 11) is 0. The van der Waals surface area contributed by atoms with Gasteiger partial charge in [-0.1, -0.05) is 0 Å². The monoisotopic (exact) mass is 132 g/mol. The number of nitrogens with one attached hydrogen (secondary N) is 2. The number of hydrogen-bond donors (Lipinski definition) is 2. The van der Waals surface area contributed by atoms with E-state index < -0.39 is 0 Å². The molecule has 8 heavy (non-hydrogen) atoms. The molecule has 0 aromatic carbocycles. The van der Waals surface area contributed by atoms with Crippen molar-refractivity contribution in [2.24, 2.45) is 0 Å². The molecule has 1 aliphatic rings. The van der Waals surface area contributed by atoms with Crippen molar-refractivity contribution in [1.82, 2.24) is 10.6 Å². The largest absolute Gasteiger partial charge is 0.293 e. The SMILES string of the molecule is CC1NCSC(C)N1. The summed E-state index contributed by atoms with van der Waals surface area (Å²) in [5.41, 5.74) is 0. The molecule has 0 aromatic heterocycles. The van der Waals surface area contributed by atoms with Gasteiger partial charge in [-0.3, -0.25) is 10.6 Å². The second kappa shape index (κ2) is 2.71. The Morgan fingerprint density at radius 2 is 2.25 bits per heavy atom. The molecule has 48 valence electrons. The van der Waals surface area contributed by atoms with Crippen LogP contribution in [0.2, 0.25) is 0 Å². The smallest absolute Gasteiger partial charge is 0.0557 e. The minimum Gasteiger partial charge on any atom is -0.293 e. The van der Waals surface area contributed by atoms with E-state index in [4.69, 9.17) is 0 Å². The lowest BCUT2D eigenvalue weighted by molar-refractivity contribution is 0.464. The summed E-state index contributed by atoms with van der Waals surface area (Å²) in [5, 5.41) is 7.21. The van der Waals surface area contributed by atoms with Gasteiger partial charge in [0.2, 0.25) is 0 Å². The van der Waals surface area contributed by atoms with Gasteiger partial charge in [-0.05, 0) is 13.8 Å². The highest BCUT2D eigenvalue weighted by molar-refractivity contribution is 7.99. The Hall–Kier alpha value is 0.270. The van der Waals surface area contributed by atoms with Gasteiger partial charge in [0.15, 0.2) is 0 Å². The van der Waals surface area contributed by atoms with Crippen LogP contribution in [0.5, 0.6) is 0 Å². The van der Waals surface area contributed by atoms with Crippen LogP contribution in [0.4, 0.5) is 0 Å². The van der Waals surface area contributed by atoms with E-state index in [9.17, 15) is 0 Å². The molecular formula is C5H12N2S. The van der Waals surface area contributed by atoms with Crippen LogP contribution in [0.1, 0.15) is 13.8 Å². The Morgan fingerprint density at radius 1 is 1.50 bits per heavy atom. The van der Waals surface area contributed by atoms with Gasteiger partial charge in [-0.2, -0.15) is 0 Å². The van der Waals surface area contributed by atoms with E-state index >= 15 is 0 Å². The summed E-state index contributed by atoms with van der Waals surface area (Å²) >= 11 is 1.90. The third kappa shape index (κ3) is 1.65. The van der Waals surface area contributed by atoms with Crippen molar-refractivity contribution in [2.45, 2.75) is 25.4 Å². The van der Waals surface area contributed by atoms with Crippen molar-refractivity contribution in [3.63, 3.8) is 0 Å². The summed E-state index contributed by atoms with van der Waals surface area (Å²) < 4.78 is 0. The van der Waals surface area contributed by atoms with Gasteiger partial charge < -0.3 is 0 Å². The highest BCUT2D eigenvalue weighted by atomic mass is 32.2. The molecule has 0 radical (unpaired) electrons. The Labute approximate surface area is 54.4 Å². The third-order valence-corrected chi connectivity index (χ3v) is 2.18. The summed E-state index contributed by atoms with van der Waals surface area (Å²) in [4.78, 5) is 0. The first kappa shape index (κ1) is 6.39. The molecule has 0 aromatic rings. The van der Waals surface area contributed by atoms with E-state index in [1.54, 1.807) is 0 Å². The topological polar surface area (TPSA) is 24.1 Å². The predicted molar refractivity (Wildman–Crippen MR) is 37.7 cm³/mol. The van der Waals surface area contributed by atoms with E-state index in [0.29, 0.717) is 11.5 Å². The first-order chi connectivity index (χ1) is 3.79. The van der Waals surface area contributed by atoms with Crippen molar-refractivity contribution in [3.05, 3.63) is 0 Å². The summed E-state index contributed by atoms with van der Waals surface area (Å²) in [6.07, 6.45) is 0.492. The van der Waals surface area contributed by atoms with E-state index in [2.05, 4.69) is 24.5 Å². The zero-order valence-corrected chi connectivity index (χ0v) is 6.09. The van der Waals surface area contributed by atoms with Crippen LogP contribution in [0.25, 0.3) is 0 Å². The highest BCUT2D eigenvalue weighted by Crippen LogP contribution is 2.09. The number of hydrogen-bond acceptors (Lipinski definition) is 3. The molecule has 3 heteroatoms. The first-order valence-corrected chi connectivity index (χ1v) is 3.95. The molecule has 1 rings (SSSR count). The van der Waals surface area contributed by atoms with Gasteiger partial charge in [0.1, 0.15) is 0 Å². The molecule has 0 saturated carbocycles. The van der Waals surface area contributed by atoms with Crippen molar-refractivity contribution in [1.29, 1.82) is 0 Å². The average Bonchev–Trinajstić information content (AvgIpc) is 1.64. The zero-order chi connectivity index (χ0) is 5.98. The third-order valence-electron chi connectivity index (χ3n) is 1.21. The molecule has 2 atom stereocenters. The van der Waals surface area contributed by atoms with Gasteiger partial charge in [0.25, 0.3) is 0 Å². The molecule has 0 bridgehead atoms. The fraction of sp³-hybridized carbons (Fsp3) is 1.00. The quantitative estimate of drug-likeness (QED) is 0.503. The molecule has 1 fully saturated rings. The first-order valence-electron chi connectivity index (χ1n) is 2.90. The minimum absolute atomic E-state index is 0.492. The maximum absolute atomic E-state index is 3.33. The van der Waals surface area contributed by atoms with Gasteiger partial charge in [0, 0.05) is 5.88 Å². The maximum Gasteiger partial charge on any atom is 0.0557 e. The lowest BCUT2D eigenvalue weighted by atomic mass is 10.5. The van der Waals surface area contributed by atoms with Crippen molar-refractivity contribution < 1.29 is 0 Å². The number of rotatable bonds is 0. The zero-order valence-electron chi connectivity index (χ0n) is 5.27. The van der Waals surface area contributed by atoms with Gasteiger partial charge in [-0.15, -0.1) is 11.8 Å². The number of thioether (sulfide) groups is 1. The van der Waals surface area contributed by atoms with Crippen LogP contribution >= 0.6 is 11.8 Å². The average molecular weight is 132 g/mol. The second-order valence-electron chi connectivity index (χ2n) is 2.05. The van der Waals surface area contributed by atoms with Crippen molar-refractivity contribution in [3.8, 4) is 0 Å². The summed E-state index contributed by atoms with van der Waals surface area (Å²) in [6, 6.07) is 0. The van der Waals surface area contributed by atoms with Crippen LogP contribution in [-0.2, 0) is 0 Å². The van der Waals surface area contributed by atoms with Crippen molar-refractivity contribution >= 4 is 11.8 Å². The van der Waals surface area contributed by atoms with Gasteiger partial charge >= 0.3 is 0 Å². The van der Waals surface area contributed by atoms with E-state index in [1.165, 1.54) is 0 Å². The molecule has 2 nitrogen and oxygen atoms in total. The second-order valence-corrected chi connectivity index (χ2v) is 3.37. The van der Waals surface area contributed by atoms with Crippen LogP contribution in [-0.4, -0.2) is 17.4 Å². The Balaban J connectivity index is 2.23. The fourth-order valence-electron chi connectivity index (χ4n) is 0.757.